The maximum Gasteiger partial charge on any atom is 0.263 e. The van der Waals surface area contributed by atoms with E-state index >= 15 is 0 Å². The summed E-state index contributed by atoms with van der Waals surface area (Å²) >= 11 is 3.01. The van der Waals surface area contributed by atoms with Gasteiger partial charge >= 0.3 is 0 Å². The van der Waals surface area contributed by atoms with Gasteiger partial charge in [0.15, 0.2) is 0 Å². The summed E-state index contributed by atoms with van der Waals surface area (Å²) in [5, 5.41) is 16.8. The molecule has 0 aliphatic heterocycles. The second kappa shape index (κ2) is 6.47. The van der Waals surface area contributed by atoms with E-state index in [1.807, 2.05) is 30.7 Å². The molecule has 6 heteroatoms. The van der Waals surface area contributed by atoms with Gasteiger partial charge in [0, 0.05) is 24.1 Å². The normalized spacial score (nSPS) is 11.6. The van der Waals surface area contributed by atoms with E-state index in [4.69, 9.17) is 5.11 Å². The van der Waals surface area contributed by atoms with Crippen LogP contribution in [0.1, 0.15) is 29.9 Å². The highest BCUT2D eigenvalue weighted by atomic mass is 32.1. The van der Waals surface area contributed by atoms with Crippen LogP contribution >= 0.6 is 22.7 Å². The fourth-order valence-electron chi connectivity index (χ4n) is 1.70. The summed E-state index contributed by atoms with van der Waals surface area (Å²) in [4.78, 5) is 17.0. The lowest BCUT2D eigenvalue weighted by Crippen LogP contribution is -2.34. The molecule has 0 atom stereocenters. The van der Waals surface area contributed by atoms with Crippen LogP contribution in [0.25, 0.3) is 10.6 Å². The molecule has 2 aromatic heterocycles. The minimum atomic E-state index is -0.106. The van der Waals surface area contributed by atoms with Crippen LogP contribution in [0, 0.1) is 5.41 Å². The Balaban J connectivity index is 1.97. The van der Waals surface area contributed by atoms with Crippen molar-refractivity contribution in [2.24, 2.45) is 5.41 Å². The highest BCUT2D eigenvalue weighted by Crippen LogP contribution is 2.27. The van der Waals surface area contributed by atoms with Gasteiger partial charge in [-0.2, -0.15) is 11.3 Å². The van der Waals surface area contributed by atoms with Crippen LogP contribution in [0.4, 0.5) is 0 Å². The van der Waals surface area contributed by atoms with Crippen LogP contribution in [0.2, 0.25) is 0 Å². The molecule has 0 aliphatic carbocycles. The van der Waals surface area contributed by atoms with Crippen molar-refractivity contribution in [3.8, 4) is 10.6 Å². The number of nitrogens with one attached hydrogen (secondary N) is 1. The van der Waals surface area contributed by atoms with Crippen molar-refractivity contribution < 1.29 is 9.90 Å². The minimum absolute atomic E-state index is 0.102. The van der Waals surface area contributed by atoms with Gasteiger partial charge in [-0.15, -0.1) is 11.3 Å². The summed E-state index contributed by atoms with van der Waals surface area (Å²) in [5.41, 5.74) is 0.949. The monoisotopic (exact) mass is 310 g/mol. The topological polar surface area (TPSA) is 62.2 Å². The molecule has 1 amide bonds. The van der Waals surface area contributed by atoms with Gasteiger partial charge < -0.3 is 10.4 Å². The van der Waals surface area contributed by atoms with E-state index in [1.165, 1.54) is 11.3 Å². The minimum Gasteiger partial charge on any atom is -0.396 e. The molecule has 4 nitrogen and oxygen atoms in total. The van der Waals surface area contributed by atoms with E-state index in [0.29, 0.717) is 17.8 Å². The molecule has 0 aliphatic rings. The summed E-state index contributed by atoms with van der Waals surface area (Å²) in [7, 11) is 0. The Morgan fingerprint density at radius 2 is 2.30 bits per heavy atom. The molecular weight excluding hydrogens is 292 g/mol. The molecule has 0 saturated carbocycles. The van der Waals surface area contributed by atoms with Gasteiger partial charge in [0.05, 0.1) is 6.20 Å². The summed E-state index contributed by atoms with van der Waals surface area (Å²) < 4.78 is 0. The van der Waals surface area contributed by atoms with Crippen LogP contribution in [0.5, 0.6) is 0 Å². The lowest BCUT2D eigenvalue weighted by molar-refractivity contribution is 0.0932. The van der Waals surface area contributed by atoms with Gasteiger partial charge in [-0.25, -0.2) is 4.98 Å². The first-order chi connectivity index (χ1) is 9.52. The molecule has 2 heterocycles. The molecular formula is C14H18N2O2S2. The van der Waals surface area contributed by atoms with Gasteiger partial charge in [0.2, 0.25) is 0 Å². The van der Waals surface area contributed by atoms with E-state index < -0.39 is 0 Å². The predicted octanol–water partition coefficient (Wildman–Crippen LogP) is 3.01. The Kier molecular flexibility index (Phi) is 4.91. The van der Waals surface area contributed by atoms with Gasteiger partial charge in [-0.1, -0.05) is 13.8 Å². The summed E-state index contributed by atoms with van der Waals surface area (Å²) in [6, 6.07) is 2.00. The molecule has 2 aromatic rings. The Labute approximate surface area is 126 Å². The lowest BCUT2D eigenvalue weighted by atomic mass is 9.90. The van der Waals surface area contributed by atoms with Crippen molar-refractivity contribution in [1.29, 1.82) is 0 Å². The second-order valence-electron chi connectivity index (χ2n) is 5.36. The zero-order chi connectivity index (χ0) is 14.6. The van der Waals surface area contributed by atoms with E-state index in [9.17, 15) is 4.79 Å². The third-order valence-electron chi connectivity index (χ3n) is 3.01. The molecule has 0 spiro atoms. The zero-order valence-electron chi connectivity index (χ0n) is 11.5. The molecule has 0 saturated heterocycles. The summed E-state index contributed by atoms with van der Waals surface area (Å²) in [6.07, 6.45) is 2.28. The first-order valence-electron chi connectivity index (χ1n) is 6.39. The highest BCUT2D eigenvalue weighted by Gasteiger charge is 2.19. The summed E-state index contributed by atoms with van der Waals surface area (Å²) in [5.74, 6) is -0.102. The molecule has 108 valence electrons. The van der Waals surface area contributed by atoms with Crippen molar-refractivity contribution in [2.45, 2.75) is 20.3 Å². The molecule has 0 bridgehead atoms. The number of nitrogens with zero attached hydrogens (tertiary/aromatic N) is 1. The van der Waals surface area contributed by atoms with Gasteiger partial charge in [0.25, 0.3) is 5.91 Å². The molecule has 2 N–H and O–H groups in total. The molecule has 0 aromatic carbocycles. The predicted molar refractivity (Wildman–Crippen MR) is 83.2 cm³/mol. The van der Waals surface area contributed by atoms with Gasteiger partial charge in [-0.3, -0.25) is 4.79 Å². The van der Waals surface area contributed by atoms with Gasteiger partial charge in [-0.05, 0) is 23.3 Å². The Hall–Kier alpha value is -1.24. The zero-order valence-corrected chi connectivity index (χ0v) is 13.2. The van der Waals surface area contributed by atoms with Crippen molar-refractivity contribution >= 4 is 28.6 Å². The number of aliphatic hydroxyl groups excluding tert-OH is 1. The number of hydrogen-bond acceptors (Lipinski definition) is 5. The largest absolute Gasteiger partial charge is 0.396 e. The first-order valence-corrected chi connectivity index (χ1v) is 8.15. The fourth-order valence-corrected chi connectivity index (χ4v) is 3.24. The number of aliphatic hydroxyl groups is 1. The van der Waals surface area contributed by atoms with E-state index in [0.717, 1.165) is 10.6 Å². The molecule has 20 heavy (non-hydrogen) atoms. The Morgan fingerprint density at radius 1 is 1.50 bits per heavy atom. The SMILES string of the molecule is CC(C)(CCO)CNC(=O)c1cnc(-c2ccsc2)s1. The van der Waals surface area contributed by atoms with Gasteiger partial charge in [0.1, 0.15) is 9.88 Å². The fraction of sp³-hybridized carbons (Fsp3) is 0.429. The first kappa shape index (κ1) is 15.2. The number of aromatic nitrogens is 1. The lowest BCUT2D eigenvalue weighted by Gasteiger charge is -2.23. The van der Waals surface area contributed by atoms with Crippen molar-refractivity contribution in [1.82, 2.24) is 10.3 Å². The van der Waals surface area contributed by atoms with Crippen LogP contribution in [0.3, 0.4) is 0 Å². The smallest absolute Gasteiger partial charge is 0.263 e. The van der Waals surface area contributed by atoms with E-state index in [1.54, 1.807) is 17.5 Å². The van der Waals surface area contributed by atoms with Crippen molar-refractivity contribution in [3.05, 3.63) is 27.9 Å². The number of carbonyl (C=O) groups is 1. The number of hydrogen-bond donors (Lipinski definition) is 2. The molecule has 0 fully saturated rings. The van der Waals surface area contributed by atoms with Crippen LogP contribution in [-0.4, -0.2) is 29.1 Å². The highest BCUT2D eigenvalue weighted by molar-refractivity contribution is 7.17. The van der Waals surface area contributed by atoms with Crippen LogP contribution in [0.15, 0.2) is 23.0 Å². The standard InChI is InChI=1S/C14H18N2O2S2/c1-14(2,4-5-17)9-16-12(18)11-7-15-13(20-11)10-3-6-19-8-10/h3,6-8,17H,4-5,9H2,1-2H3,(H,16,18). The number of carbonyl (C=O) groups excluding carboxylic acids is 1. The van der Waals surface area contributed by atoms with E-state index in [2.05, 4.69) is 10.3 Å². The Morgan fingerprint density at radius 3 is 2.95 bits per heavy atom. The molecule has 2 rings (SSSR count). The van der Waals surface area contributed by atoms with Crippen molar-refractivity contribution in [3.63, 3.8) is 0 Å². The maximum atomic E-state index is 12.1. The number of rotatable bonds is 6. The number of thiazole rings is 1. The van der Waals surface area contributed by atoms with Crippen molar-refractivity contribution in [2.75, 3.05) is 13.2 Å². The number of thiophene rings is 1. The average molecular weight is 310 g/mol. The second-order valence-corrected chi connectivity index (χ2v) is 7.17. The van der Waals surface area contributed by atoms with Crippen LogP contribution in [-0.2, 0) is 0 Å². The van der Waals surface area contributed by atoms with E-state index in [-0.39, 0.29) is 17.9 Å². The molecule has 0 radical (unpaired) electrons. The summed E-state index contributed by atoms with van der Waals surface area (Å²) in [6.45, 7) is 4.71. The van der Waals surface area contributed by atoms with Crippen LogP contribution < -0.4 is 5.32 Å². The average Bonchev–Trinajstić information content (AvgIpc) is 3.06. The third-order valence-corrected chi connectivity index (χ3v) is 4.74. The molecule has 0 unspecified atom stereocenters. The maximum absolute atomic E-state index is 12.1. The quantitative estimate of drug-likeness (QED) is 0.862. The Bertz CT molecular complexity index is 562. The number of amides is 1. The third kappa shape index (κ3) is 3.88.